The first kappa shape index (κ1) is 10.2. The first-order chi connectivity index (χ1) is 6.38. The molecule has 0 aliphatic rings. The van der Waals surface area contributed by atoms with Gasteiger partial charge in [0.2, 0.25) is 0 Å². The summed E-state index contributed by atoms with van der Waals surface area (Å²) in [6.07, 6.45) is 1.12. The summed E-state index contributed by atoms with van der Waals surface area (Å²) in [6, 6.07) is 10.2. The van der Waals surface area contributed by atoms with Gasteiger partial charge < -0.3 is 9.47 Å². The number of hydrogen-bond acceptors (Lipinski definition) is 2. The molecular weight excluding hydrogens is 164 g/mol. The van der Waals surface area contributed by atoms with E-state index in [1.54, 1.807) is 7.11 Å². The lowest BCUT2D eigenvalue weighted by Gasteiger charge is -2.15. The standard InChI is InChI=1S/C11H16O2/c1-3-11(13-9-12-2)10-7-5-4-6-8-10/h4-8,11H,3,9H2,1-2H3. The topological polar surface area (TPSA) is 18.5 Å². The van der Waals surface area contributed by atoms with Crippen molar-refractivity contribution in [3.05, 3.63) is 35.9 Å². The predicted molar refractivity (Wildman–Crippen MR) is 52.4 cm³/mol. The molecule has 0 saturated carbocycles. The van der Waals surface area contributed by atoms with Crippen molar-refractivity contribution in [3.8, 4) is 0 Å². The number of benzene rings is 1. The zero-order valence-electron chi connectivity index (χ0n) is 8.19. The third-order valence-electron chi connectivity index (χ3n) is 1.93. The van der Waals surface area contributed by atoms with E-state index < -0.39 is 0 Å². The van der Waals surface area contributed by atoms with Crippen LogP contribution in [0.15, 0.2) is 30.3 Å². The van der Waals surface area contributed by atoms with Crippen molar-refractivity contribution < 1.29 is 9.47 Å². The number of ether oxygens (including phenoxy) is 2. The summed E-state index contributed by atoms with van der Waals surface area (Å²) >= 11 is 0. The highest BCUT2D eigenvalue weighted by atomic mass is 16.7. The predicted octanol–water partition coefficient (Wildman–Crippen LogP) is 2.76. The largest absolute Gasteiger partial charge is 0.359 e. The summed E-state index contributed by atoms with van der Waals surface area (Å²) in [5.41, 5.74) is 1.21. The molecule has 0 fully saturated rings. The Morgan fingerprint density at radius 1 is 1.23 bits per heavy atom. The first-order valence-electron chi connectivity index (χ1n) is 4.54. The molecule has 1 atom stereocenters. The third kappa shape index (κ3) is 3.17. The molecule has 0 N–H and O–H groups in total. The maximum atomic E-state index is 5.50. The van der Waals surface area contributed by atoms with Crippen molar-refractivity contribution in [2.24, 2.45) is 0 Å². The Hall–Kier alpha value is -0.860. The number of rotatable bonds is 5. The van der Waals surface area contributed by atoms with Crippen LogP contribution in [0.1, 0.15) is 25.0 Å². The van der Waals surface area contributed by atoms with Crippen molar-refractivity contribution in [3.63, 3.8) is 0 Å². The van der Waals surface area contributed by atoms with Gasteiger partial charge in [-0.1, -0.05) is 37.3 Å². The van der Waals surface area contributed by atoms with Crippen molar-refractivity contribution in [2.45, 2.75) is 19.4 Å². The Labute approximate surface area is 79.5 Å². The number of methoxy groups -OCH3 is 1. The van der Waals surface area contributed by atoms with Crippen LogP contribution in [0.3, 0.4) is 0 Å². The minimum absolute atomic E-state index is 0.154. The van der Waals surface area contributed by atoms with Crippen LogP contribution < -0.4 is 0 Å². The Kier molecular flexibility index (Phi) is 4.50. The van der Waals surface area contributed by atoms with E-state index in [4.69, 9.17) is 9.47 Å². The van der Waals surface area contributed by atoms with E-state index in [2.05, 4.69) is 19.1 Å². The Morgan fingerprint density at radius 2 is 1.92 bits per heavy atom. The summed E-state index contributed by atoms with van der Waals surface area (Å²) in [6.45, 7) is 2.46. The van der Waals surface area contributed by atoms with Crippen LogP contribution in [0, 0.1) is 0 Å². The van der Waals surface area contributed by atoms with Crippen LogP contribution in [-0.4, -0.2) is 13.9 Å². The van der Waals surface area contributed by atoms with E-state index in [0.717, 1.165) is 6.42 Å². The van der Waals surface area contributed by atoms with Gasteiger partial charge in [-0.2, -0.15) is 0 Å². The van der Waals surface area contributed by atoms with Crippen molar-refractivity contribution >= 4 is 0 Å². The summed E-state index contributed by atoms with van der Waals surface area (Å²) in [4.78, 5) is 0. The van der Waals surface area contributed by atoms with E-state index in [9.17, 15) is 0 Å². The average molecular weight is 180 g/mol. The first-order valence-corrected chi connectivity index (χ1v) is 4.54. The molecule has 0 amide bonds. The number of hydrogen-bond donors (Lipinski definition) is 0. The molecule has 0 heterocycles. The van der Waals surface area contributed by atoms with Gasteiger partial charge in [-0.3, -0.25) is 0 Å². The second-order valence-electron chi connectivity index (χ2n) is 2.88. The van der Waals surface area contributed by atoms with Gasteiger partial charge in [0, 0.05) is 7.11 Å². The highest BCUT2D eigenvalue weighted by molar-refractivity contribution is 5.17. The molecule has 0 bridgehead atoms. The minimum atomic E-state index is 0.154. The van der Waals surface area contributed by atoms with Gasteiger partial charge in [0.15, 0.2) is 0 Å². The lowest BCUT2D eigenvalue weighted by atomic mass is 10.1. The second kappa shape index (κ2) is 5.73. The van der Waals surface area contributed by atoms with Gasteiger partial charge in [-0.25, -0.2) is 0 Å². The van der Waals surface area contributed by atoms with Gasteiger partial charge in [0.05, 0.1) is 6.10 Å². The van der Waals surface area contributed by atoms with Gasteiger partial charge >= 0.3 is 0 Å². The average Bonchev–Trinajstić information content (AvgIpc) is 2.21. The van der Waals surface area contributed by atoms with Gasteiger partial charge in [-0.05, 0) is 12.0 Å². The zero-order chi connectivity index (χ0) is 9.52. The molecule has 0 aliphatic carbocycles. The molecule has 1 aromatic carbocycles. The Morgan fingerprint density at radius 3 is 2.46 bits per heavy atom. The molecule has 0 radical (unpaired) electrons. The maximum Gasteiger partial charge on any atom is 0.147 e. The molecule has 1 aromatic rings. The van der Waals surface area contributed by atoms with Crippen molar-refractivity contribution in [1.82, 2.24) is 0 Å². The molecular formula is C11H16O2. The summed E-state index contributed by atoms with van der Waals surface area (Å²) in [5, 5.41) is 0. The van der Waals surface area contributed by atoms with Crippen LogP contribution in [0.2, 0.25) is 0 Å². The molecule has 1 unspecified atom stereocenters. The van der Waals surface area contributed by atoms with Crippen molar-refractivity contribution in [2.75, 3.05) is 13.9 Å². The molecule has 2 heteroatoms. The van der Waals surface area contributed by atoms with Gasteiger partial charge in [0.1, 0.15) is 6.79 Å². The Bertz CT molecular complexity index is 221. The summed E-state index contributed by atoms with van der Waals surface area (Å²) < 4.78 is 10.4. The van der Waals surface area contributed by atoms with E-state index in [0.29, 0.717) is 6.79 Å². The molecule has 0 saturated heterocycles. The smallest absolute Gasteiger partial charge is 0.147 e. The molecule has 0 aromatic heterocycles. The third-order valence-corrected chi connectivity index (χ3v) is 1.93. The molecule has 1 rings (SSSR count). The van der Waals surface area contributed by atoms with Crippen LogP contribution in [-0.2, 0) is 9.47 Å². The van der Waals surface area contributed by atoms with Crippen LogP contribution >= 0.6 is 0 Å². The van der Waals surface area contributed by atoms with Gasteiger partial charge in [-0.15, -0.1) is 0 Å². The molecule has 0 spiro atoms. The van der Waals surface area contributed by atoms with Crippen LogP contribution in [0.25, 0.3) is 0 Å². The highest BCUT2D eigenvalue weighted by Gasteiger charge is 2.07. The fourth-order valence-corrected chi connectivity index (χ4v) is 1.27. The molecule has 2 nitrogen and oxygen atoms in total. The molecule has 0 aliphatic heterocycles. The molecule has 72 valence electrons. The second-order valence-corrected chi connectivity index (χ2v) is 2.88. The van der Waals surface area contributed by atoms with Crippen LogP contribution in [0.4, 0.5) is 0 Å². The van der Waals surface area contributed by atoms with E-state index in [1.165, 1.54) is 5.56 Å². The monoisotopic (exact) mass is 180 g/mol. The SMILES string of the molecule is CCC(OCOC)c1ccccc1. The normalized spacial score (nSPS) is 12.8. The fraction of sp³-hybridized carbons (Fsp3) is 0.455. The van der Waals surface area contributed by atoms with Crippen molar-refractivity contribution in [1.29, 1.82) is 0 Å². The molecule has 13 heavy (non-hydrogen) atoms. The van der Waals surface area contributed by atoms with E-state index in [1.807, 2.05) is 18.2 Å². The fourth-order valence-electron chi connectivity index (χ4n) is 1.27. The highest BCUT2D eigenvalue weighted by Crippen LogP contribution is 2.19. The van der Waals surface area contributed by atoms with Gasteiger partial charge in [0.25, 0.3) is 0 Å². The summed E-state index contributed by atoms with van der Waals surface area (Å²) in [5.74, 6) is 0. The Balaban J connectivity index is 2.56. The zero-order valence-corrected chi connectivity index (χ0v) is 8.19. The summed E-state index contributed by atoms with van der Waals surface area (Å²) in [7, 11) is 1.64. The van der Waals surface area contributed by atoms with E-state index >= 15 is 0 Å². The van der Waals surface area contributed by atoms with E-state index in [-0.39, 0.29) is 6.10 Å². The lowest BCUT2D eigenvalue weighted by molar-refractivity contribution is -0.0743. The van der Waals surface area contributed by atoms with Crippen LogP contribution in [0.5, 0.6) is 0 Å². The minimum Gasteiger partial charge on any atom is -0.359 e. The lowest BCUT2D eigenvalue weighted by Crippen LogP contribution is -2.05. The maximum absolute atomic E-state index is 5.50. The quantitative estimate of drug-likeness (QED) is 0.649.